The molecule has 0 unspecified atom stereocenters. The predicted octanol–water partition coefficient (Wildman–Crippen LogP) is 4.19. The van der Waals surface area contributed by atoms with Crippen molar-refractivity contribution in [2.75, 3.05) is 19.5 Å². The zero-order chi connectivity index (χ0) is 16.9. The van der Waals surface area contributed by atoms with Gasteiger partial charge in [0, 0.05) is 32.0 Å². The highest BCUT2D eigenvalue weighted by molar-refractivity contribution is 7.54. The first kappa shape index (κ1) is 17.1. The highest BCUT2D eigenvalue weighted by Gasteiger charge is 2.35. The van der Waals surface area contributed by atoms with Crippen molar-refractivity contribution in [3.63, 3.8) is 0 Å². The lowest BCUT2D eigenvalue weighted by Crippen LogP contribution is -2.13. The monoisotopic (exact) mass is 336 g/mol. The van der Waals surface area contributed by atoms with Gasteiger partial charge in [0.05, 0.1) is 4.92 Å². The van der Waals surface area contributed by atoms with Crippen molar-refractivity contribution in [1.82, 2.24) is 0 Å². The van der Waals surface area contributed by atoms with Gasteiger partial charge in [-0.25, -0.2) is 0 Å². The Labute approximate surface area is 133 Å². The largest absolute Gasteiger partial charge is 0.368 e. The molecule has 0 bridgehead atoms. The summed E-state index contributed by atoms with van der Waals surface area (Å²) in [6, 6.07) is 14.9. The highest BCUT2D eigenvalue weighted by atomic mass is 31.2. The van der Waals surface area contributed by atoms with E-state index in [1.165, 1.54) is 26.4 Å². The molecule has 0 aliphatic heterocycles. The van der Waals surface area contributed by atoms with Gasteiger partial charge < -0.3 is 14.4 Å². The van der Waals surface area contributed by atoms with Crippen molar-refractivity contribution < 1.29 is 18.5 Å². The summed E-state index contributed by atoms with van der Waals surface area (Å²) in [6.45, 7) is 0. The first-order chi connectivity index (χ1) is 11.0. The van der Waals surface area contributed by atoms with Crippen LogP contribution in [0.25, 0.3) is 0 Å². The average molecular weight is 336 g/mol. The van der Waals surface area contributed by atoms with E-state index in [1.807, 2.05) is 18.2 Å². The molecule has 2 aromatic rings. The molecule has 2 rings (SSSR count). The zero-order valence-corrected chi connectivity index (χ0v) is 13.6. The van der Waals surface area contributed by atoms with Crippen LogP contribution in [-0.4, -0.2) is 19.1 Å². The van der Waals surface area contributed by atoms with Gasteiger partial charge in [0.2, 0.25) is 0 Å². The number of nitrogens with one attached hydrogen (secondary N) is 1. The molecular weight excluding hydrogens is 319 g/mol. The lowest BCUT2D eigenvalue weighted by atomic mass is 10.2. The second kappa shape index (κ2) is 7.37. The summed E-state index contributed by atoms with van der Waals surface area (Å²) in [7, 11) is -0.820. The number of nitro benzene ring substituents is 1. The Bertz CT molecular complexity index is 698. The standard InChI is InChI=1S/C15H17N2O5P/c1-21-23(20,22-2)15(12-6-4-3-5-7-12)16-13-8-10-14(11-9-13)17(18)19/h3-11,15-16H,1-2H3/t15-/m1/s1. The zero-order valence-electron chi connectivity index (χ0n) is 12.7. The van der Waals surface area contributed by atoms with Crippen molar-refractivity contribution in [3.8, 4) is 0 Å². The molecular formula is C15H17N2O5P. The molecule has 0 radical (unpaired) electrons. The maximum Gasteiger partial charge on any atom is 0.356 e. The number of hydrogen-bond donors (Lipinski definition) is 1. The molecule has 0 aliphatic rings. The molecule has 0 saturated heterocycles. The average Bonchev–Trinajstić information content (AvgIpc) is 2.60. The minimum atomic E-state index is -3.45. The Kier molecular flexibility index (Phi) is 5.50. The molecule has 8 heteroatoms. The molecule has 0 saturated carbocycles. The van der Waals surface area contributed by atoms with E-state index < -0.39 is 18.3 Å². The van der Waals surface area contributed by atoms with Crippen molar-refractivity contribution in [1.29, 1.82) is 0 Å². The van der Waals surface area contributed by atoms with E-state index in [0.717, 1.165) is 5.56 Å². The second-order valence-corrected chi connectivity index (χ2v) is 6.99. The summed E-state index contributed by atoms with van der Waals surface area (Å²) in [4.78, 5) is 10.2. The van der Waals surface area contributed by atoms with E-state index in [4.69, 9.17) is 9.05 Å². The Morgan fingerprint density at radius 1 is 1.04 bits per heavy atom. The molecule has 1 N–H and O–H groups in total. The molecule has 0 spiro atoms. The van der Waals surface area contributed by atoms with E-state index in [2.05, 4.69) is 5.32 Å². The molecule has 0 amide bonds. The van der Waals surface area contributed by atoms with Crippen LogP contribution >= 0.6 is 7.60 Å². The Hall–Kier alpha value is -2.21. The summed E-state index contributed by atoms with van der Waals surface area (Å²) in [5.74, 6) is -0.736. The number of nitro groups is 1. The van der Waals surface area contributed by atoms with Gasteiger partial charge in [-0.05, 0) is 17.7 Å². The molecule has 122 valence electrons. The molecule has 1 atom stereocenters. The van der Waals surface area contributed by atoms with Crippen LogP contribution in [0.3, 0.4) is 0 Å². The third kappa shape index (κ3) is 3.96. The number of anilines is 1. The minimum absolute atomic E-state index is 0.0199. The number of hydrogen-bond acceptors (Lipinski definition) is 6. The smallest absolute Gasteiger partial charge is 0.356 e. The molecule has 2 aromatic carbocycles. The van der Waals surface area contributed by atoms with Crippen molar-refractivity contribution >= 4 is 19.0 Å². The van der Waals surface area contributed by atoms with Gasteiger partial charge in [-0.2, -0.15) is 0 Å². The fourth-order valence-corrected chi connectivity index (χ4v) is 3.52. The number of benzene rings is 2. The van der Waals surface area contributed by atoms with Crippen molar-refractivity contribution in [2.24, 2.45) is 0 Å². The Balaban J connectivity index is 2.35. The van der Waals surface area contributed by atoms with Crippen LogP contribution in [0.1, 0.15) is 11.3 Å². The van der Waals surface area contributed by atoms with Crippen LogP contribution < -0.4 is 5.32 Å². The van der Waals surface area contributed by atoms with Crippen LogP contribution in [0.4, 0.5) is 11.4 Å². The molecule has 0 aliphatic carbocycles. The van der Waals surface area contributed by atoms with Gasteiger partial charge in [0.25, 0.3) is 5.69 Å². The molecule has 7 nitrogen and oxygen atoms in total. The lowest BCUT2D eigenvalue weighted by Gasteiger charge is -2.26. The topological polar surface area (TPSA) is 90.7 Å². The number of non-ortho nitro benzene ring substituents is 1. The van der Waals surface area contributed by atoms with Gasteiger partial charge in [-0.3, -0.25) is 14.7 Å². The summed E-state index contributed by atoms with van der Waals surface area (Å²) in [6.07, 6.45) is 0. The third-order valence-corrected chi connectivity index (χ3v) is 5.40. The summed E-state index contributed by atoms with van der Waals surface area (Å²) in [5, 5.41) is 13.8. The van der Waals surface area contributed by atoms with E-state index in [0.29, 0.717) is 5.69 Å². The summed E-state index contributed by atoms with van der Waals surface area (Å²) < 4.78 is 23.0. The molecule has 0 fully saturated rings. The van der Waals surface area contributed by atoms with Gasteiger partial charge in [-0.15, -0.1) is 0 Å². The lowest BCUT2D eigenvalue weighted by molar-refractivity contribution is -0.384. The van der Waals surface area contributed by atoms with E-state index in [-0.39, 0.29) is 5.69 Å². The number of nitrogens with zero attached hydrogens (tertiary/aromatic N) is 1. The van der Waals surface area contributed by atoms with Crippen LogP contribution in [0.15, 0.2) is 54.6 Å². The Morgan fingerprint density at radius 3 is 2.09 bits per heavy atom. The van der Waals surface area contributed by atoms with Crippen LogP contribution in [-0.2, 0) is 13.6 Å². The van der Waals surface area contributed by atoms with E-state index in [1.54, 1.807) is 24.3 Å². The fraction of sp³-hybridized carbons (Fsp3) is 0.200. The van der Waals surface area contributed by atoms with Crippen molar-refractivity contribution in [2.45, 2.75) is 5.78 Å². The van der Waals surface area contributed by atoms with Gasteiger partial charge >= 0.3 is 7.60 Å². The molecule has 23 heavy (non-hydrogen) atoms. The van der Waals surface area contributed by atoms with Gasteiger partial charge in [-0.1, -0.05) is 30.3 Å². The molecule has 0 aromatic heterocycles. The number of rotatable bonds is 7. The highest BCUT2D eigenvalue weighted by Crippen LogP contribution is 2.59. The quantitative estimate of drug-likeness (QED) is 0.463. The first-order valence-electron chi connectivity index (χ1n) is 6.77. The van der Waals surface area contributed by atoms with Crippen molar-refractivity contribution in [3.05, 3.63) is 70.3 Å². The maximum atomic E-state index is 12.8. The SMILES string of the molecule is COP(=O)(OC)[C@@H](Nc1ccc([N+](=O)[O-])cc1)c1ccccc1. The van der Waals surface area contributed by atoms with Crippen LogP contribution in [0.5, 0.6) is 0 Å². The van der Waals surface area contributed by atoms with E-state index >= 15 is 0 Å². The second-order valence-electron chi connectivity index (χ2n) is 4.67. The normalized spacial score (nSPS) is 12.6. The fourth-order valence-electron chi connectivity index (χ4n) is 2.10. The Morgan fingerprint density at radius 2 is 1.61 bits per heavy atom. The first-order valence-corrected chi connectivity index (χ1v) is 8.38. The summed E-state index contributed by atoms with van der Waals surface area (Å²) in [5.41, 5.74) is 1.27. The van der Waals surface area contributed by atoms with E-state index in [9.17, 15) is 14.7 Å². The molecule has 0 heterocycles. The van der Waals surface area contributed by atoms with Gasteiger partial charge in [0.1, 0.15) is 0 Å². The van der Waals surface area contributed by atoms with Crippen LogP contribution in [0.2, 0.25) is 0 Å². The van der Waals surface area contributed by atoms with Gasteiger partial charge in [0.15, 0.2) is 5.78 Å². The maximum absolute atomic E-state index is 12.8. The predicted molar refractivity (Wildman–Crippen MR) is 87.5 cm³/mol. The van der Waals surface area contributed by atoms with Crippen LogP contribution in [0, 0.1) is 10.1 Å². The summed E-state index contributed by atoms with van der Waals surface area (Å²) >= 11 is 0. The minimum Gasteiger partial charge on any atom is -0.368 e. The third-order valence-electron chi connectivity index (χ3n) is 3.32.